The van der Waals surface area contributed by atoms with Crippen LogP contribution in [0.15, 0.2) is 53.5 Å². The molecule has 3 nitrogen and oxygen atoms in total. The van der Waals surface area contributed by atoms with E-state index in [4.69, 9.17) is 55.9 Å². The number of aliphatic imine (C=N–C) groups is 1. The highest BCUT2D eigenvalue weighted by Crippen LogP contribution is 2.37. The van der Waals surface area contributed by atoms with Crippen molar-refractivity contribution in [3.05, 3.63) is 85.3 Å². The molecule has 150 valence electrons. The Morgan fingerprint density at radius 2 is 1.62 bits per heavy atom. The molecule has 7 heteroatoms. The summed E-state index contributed by atoms with van der Waals surface area (Å²) in [6.45, 7) is 2.19. The summed E-state index contributed by atoms with van der Waals surface area (Å²) < 4.78 is 11.3. The van der Waals surface area contributed by atoms with Crippen molar-refractivity contribution >= 4 is 58.3 Å². The van der Waals surface area contributed by atoms with Gasteiger partial charge in [-0.05, 0) is 54.4 Å². The monoisotopic (exact) mass is 467 g/mol. The second-order valence-electron chi connectivity index (χ2n) is 6.25. The molecule has 0 unspecified atom stereocenters. The number of ether oxygens (including phenoxy) is 2. The normalized spacial score (nSPS) is 11.1. The van der Waals surface area contributed by atoms with Gasteiger partial charge in [-0.25, -0.2) is 0 Å². The van der Waals surface area contributed by atoms with Gasteiger partial charge in [0.25, 0.3) is 0 Å². The highest BCUT2D eigenvalue weighted by atomic mass is 35.5. The fourth-order valence-corrected chi connectivity index (χ4v) is 3.51. The largest absolute Gasteiger partial charge is 0.493 e. The number of methoxy groups -OCH3 is 1. The van der Waals surface area contributed by atoms with E-state index in [-0.39, 0.29) is 6.61 Å². The standard InChI is InChI=1S/C22H17Cl4NO2/c1-13-3-5-17(24)10-20(13)27-11-14-7-19(26)22(21(8-14)28-2)29-12-15-4-6-16(23)9-18(15)25/h3-11H,12H2,1-2H3. The van der Waals surface area contributed by atoms with Gasteiger partial charge < -0.3 is 9.47 Å². The first-order valence-electron chi connectivity index (χ1n) is 8.62. The molecule has 0 aliphatic rings. The fourth-order valence-electron chi connectivity index (χ4n) is 2.61. The number of nitrogens with zero attached hydrogens (tertiary/aromatic N) is 1. The molecule has 3 rings (SSSR count). The van der Waals surface area contributed by atoms with E-state index in [1.54, 1.807) is 49.7 Å². The van der Waals surface area contributed by atoms with E-state index in [1.165, 1.54) is 0 Å². The maximum Gasteiger partial charge on any atom is 0.180 e. The van der Waals surface area contributed by atoms with Crippen molar-refractivity contribution in [3.8, 4) is 11.5 Å². The van der Waals surface area contributed by atoms with Crippen LogP contribution in [0.5, 0.6) is 11.5 Å². The molecular formula is C22H17Cl4NO2. The second-order valence-corrected chi connectivity index (χ2v) is 7.93. The minimum atomic E-state index is 0.223. The molecule has 0 saturated carbocycles. The molecule has 0 atom stereocenters. The maximum absolute atomic E-state index is 6.44. The second kappa shape index (κ2) is 9.73. The van der Waals surface area contributed by atoms with Crippen LogP contribution in [0, 0.1) is 6.92 Å². The summed E-state index contributed by atoms with van der Waals surface area (Å²) in [6.07, 6.45) is 1.70. The minimum absolute atomic E-state index is 0.223. The zero-order chi connectivity index (χ0) is 21.0. The van der Waals surface area contributed by atoms with Gasteiger partial charge in [-0.15, -0.1) is 0 Å². The SMILES string of the molecule is COc1cc(C=Nc2cc(Cl)ccc2C)cc(Cl)c1OCc1ccc(Cl)cc1Cl. The summed E-state index contributed by atoms with van der Waals surface area (Å²) in [7, 11) is 1.55. The van der Waals surface area contributed by atoms with Gasteiger partial charge in [0.15, 0.2) is 11.5 Å². The lowest BCUT2D eigenvalue weighted by atomic mass is 10.2. The summed E-state index contributed by atoms with van der Waals surface area (Å²) in [5.41, 5.74) is 3.35. The fraction of sp³-hybridized carbons (Fsp3) is 0.136. The first-order valence-corrected chi connectivity index (χ1v) is 10.1. The first kappa shape index (κ1) is 21.8. The lowest BCUT2D eigenvalue weighted by Gasteiger charge is -2.14. The third-order valence-corrected chi connectivity index (χ3v) is 5.27. The van der Waals surface area contributed by atoms with Crippen LogP contribution >= 0.6 is 46.4 Å². The van der Waals surface area contributed by atoms with Gasteiger partial charge in [0.05, 0.1) is 17.8 Å². The van der Waals surface area contributed by atoms with Crippen LogP contribution in [0.4, 0.5) is 5.69 Å². The van der Waals surface area contributed by atoms with E-state index in [2.05, 4.69) is 4.99 Å². The van der Waals surface area contributed by atoms with Crippen LogP contribution in [-0.2, 0) is 6.61 Å². The molecule has 0 N–H and O–H groups in total. The Hall–Kier alpha value is -1.91. The molecule has 3 aromatic carbocycles. The van der Waals surface area contributed by atoms with Gasteiger partial charge in [-0.1, -0.05) is 58.5 Å². The third-order valence-electron chi connectivity index (χ3n) is 4.16. The molecule has 0 radical (unpaired) electrons. The average molecular weight is 469 g/mol. The maximum atomic E-state index is 6.44. The van der Waals surface area contributed by atoms with Gasteiger partial charge in [0.1, 0.15) is 6.61 Å². The Morgan fingerprint density at radius 1 is 0.897 bits per heavy atom. The molecule has 0 amide bonds. The quantitative estimate of drug-likeness (QED) is 0.343. The average Bonchev–Trinajstić information content (AvgIpc) is 2.68. The van der Waals surface area contributed by atoms with Gasteiger partial charge in [0.2, 0.25) is 0 Å². The number of benzene rings is 3. The first-order chi connectivity index (χ1) is 13.9. The summed E-state index contributed by atoms with van der Waals surface area (Å²) in [6, 6.07) is 14.3. The Balaban J connectivity index is 1.83. The minimum Gasteiger partial charge on any atom is -0.493 e. The Labute approximate surface area is 189 Å². The van der Waals surface area contributed by atoms with E-state index in [9.17, 15) is 0 Å². The van der Waals surface area contributed by atoms with E-state index in [0.717, 1.165) is 22.4 Å². The van der Waals surface area contributed by atoms with Crippen LogP contribution in [0.3, 0.4) is 0 Å². The molecule has 0 aromatic heterocycles. The highest BCUT2D eigenvalue weighted by molar-refractivity contribution is 6.35. The highest BCUT2D eigenvalue weighted by Gasteiger charge is 2.13. The third kappa shape index (κ3) is 5.58. The summed E-state index contributed by atoms with van der Waals surface area (Å²) >= 11 is 24.6. The summed E-state index contributed by atoms with van der Waals surface area (Å²) in [5, 5.41) is 2.11. The van der Waals surface area contributed by atoms with Crippen molar-refractivity contribution in [2.24, 2.45) is 4.99 Å². The number of hydrogen-bond donors (Lipinski definition) is 0. The summed E-state index contributed by atoms with van der Waals surface area (Å²) in [4.78, 5) is 4.50. The molecule has 0 fully saturated rings. The van der Waals surface area contributed by atoms with Crippen molar-refractivity contribution in [1.82, 2.24) is 0 Å². The van der Waals surface area contributed by atoms with Crippen molar-refractivity contribution in [2.75, 3.05) is 7.11 Å². The number of rotatable bonds is 6. The van der Waals surface area contributed by atoms with Crippen LogP contribution in [0.1, 0.15) is 16.7 Å². The molecule has 0 bridgehead atoms. The van der Waals surface area contributed by atoms with Crippen molar-refractivity contribution < 1.29 is 9.47 Å². The lowest BCUT2D eigenvalue weighted by Crippen LogP contribution is -2.00. The van der Waals surface area contributed by atoms with Crippen LogP contribution in [0.25, 0.3) is 0 Å². The predicted octanol–water partition coefficient (Wildman–Crippen LogP) is 7.95. The molecule has 3 aromatic rings. The molecule has 29 heavy (non-hydrogen) atoms. The lowest BCUT2D eigenvalue weighted by molar-refractivity contribution is 0.285. The van der Waals surface area contributed by atoms with E-state index in [0.29, 0.717) is 31.6 Å². The van der Waals surface area contributed by atoms with Crippen LogP contribution in [-0.4, -0.2) is 13.3 Å². The molecule has 0 saturated heterocycles. The van der Waals surface area contributed by atoms with Crippen molar-refractivity contribution in [3.63, 3.8) is 0 Å². The molecular weight excluding hydrogens is 452 g/mol. The smallest absolute Gasteiger partial charge is 0.180 e. The topological polar surface area (TPSA) is 30.8 Å². The molecule has 0 spiro atoms. The molecule has 0 aliphatic carbocycles. The van der Waals surface area contributed by atoms with Crippen LogP contribution < -0.4 is 9.47 Å². The van der Waals surface area contributed by atoms with Gasteiger partial charge >= 0.3 is 0 Å². The number of halogens is 4. The van der Waals surface area contributed by atoms with E-state index >= 15 is 0 Å². The number of hydrogen-bond acceptors (Lipinski definition) is 3. The Bertz CT molecular complexity index is 1070. The molecule has 0 aliphatic heterocycles. The van der Waals surface area contributed by atoms with E-state index < -0.39 is 0 Å². The van der Waals surface area contributed by atoms with Gasteiger partial charge in [-0.2, -0.15) is 0 Å². The molecule has 0 heterocycles. The van der Waals surface area contributed by atoms with E-state index in [1.807, 2.05) is 19.1 Å². The number of aryl methyl sites for hydroxylation is 1. The van der Waals surface area contributed by atoms with Crippen molar-refractivity contribution in [1.29, 1.82) is 0 Å². The van der Waals surface area contributed by atoms with Crippen LogP contribution in [0.2, 0.25) is 20.1 Å². The Kier molecular flexibility index (Phi) is 7.31. The van der Waals surface area contributed by atoms with Gasteiger partial charge in [-0.3, -0.25) is 4.99 Å². The predicted molar refractivity (Wildman–Crippen MR) is 122 cm³/mol. The zero-order valence-corrected chi connectivity index (χ0v) is 18.7. The Morgan fingerprint density at radius 3 is 2.34 bits per heavy atom. The zero-order valence-electron chi connectivity index (χ0n) is 15.7. The summed E-state index contributed by atoms with van der Waals surface area (Å²) in [5.74, 6) is 0.920. The van der Waals surface area contributed by atoms with Gasteiger partial charge in [0, 0.05) is 26.8 Å². The van der Waals surface area contributed by atoms with Crippen molar-refractivity contribution in [2.45, 2.75) is 13.5 Å².